The van der Waals surface area contributed by atoms with Crippen molar-refractivity contribution in [2.24, 2.45) is 0 Å². The first-order valence-electron chi connectivity index (χ1n) is 5.46. The predicted octanol–water partition coefficient (Wildman–Crippen LogP) is 2.10. The van der Waals surface area contributed by atoms with Crippen molar-refractivity contribution in [1.82, 2.24) is 4.31 Å². The third-order valence-corrected chi connectivity index (χ3v) is 5.59. The van der Waals surface area contributed by atoms with Crippen molar-refractivity contribution in [1.29, 1.82) is 0 Å². The van der Waals surface area contributed by atoms with Gasteiger partial charge in [-0.2, -0.15) is 4.31 Å². The van der Waals surface area contributed by atoms with E-state index in [1.165, 1.54) is 16.4 Å². The molecule has 2 rings (SSSR count). The minimum Gasteiger partial charge on any atom is -0.399 e. The monoisotopic (exact) mass is 274 g/mol. The first-order chi connectivity index (χ1) is 7.93. The molecular weight excluding hydrogens is 260 g/mol. The number of hydrogen-bond donors (Lipinski definition) is 1. The fourth-order valence-corrected chi connectivity index (χ4v) is 3.74. The van der Waals surface area contributed by atoms with Crippen molar-refractivity contribution in [2.75, 3.05) is 12.8 Å². The zero-order valence-corrected chi connectivity index (χ0v) is 11.1. The summed E-state index contributed by atoms with van der Waals surface area (Å²) in [6.45, 7) is 0. The maximum atomic E-state index is 12.3. The molecule has 6 heteroatoms. The van der Waals surface area contributed by atoms with Gasteiger partial charge in [-0.25, -0.2) is 8.42 Å². The average molecular weight is 275 g/mol. The van der Waals surface area contributed by atoms with Crippen molar-refractivity contribution in [2.45, 2.75) is 30.2 Å². The summed E-state index contributed by atoms with van der Waals surface area (Å²) < 4.78 is 26.1. The fraction of sp³-hybridized carbons (Fsp3) is 0.455. The van der Waals surface area contributed by atoms with Gasteiger partial charge in [-0.1, -0.05) is 18.0 Å². The largest absolute Gasteiger partial charge is 0.399 e. The van der Waals surface area contributed by atoms with Gasteiger partial charge in [0.05, 0.1) is 5.02 Å². The van der Waals surface area contributed by atoms with Crippen LogP contribution >= 0.6 is 11.6 Å². The summed E-state index contributed by atoms with van der Waals surface area (Å²) in [5.41, 5.74) is 6.00. The van der Waals surface area contributed by atoms with E-state index in [9.17, 15) is 8.42 Å². The highest BCUT2D eigenvalue weighted by Crippen LogP contribution is 2.32. The SMILES string of the molecule is CN(C1CCC1)S(=O)(=O)c1cc(N)ccc1Cl. The number of nitrogens with zero attached hydrogens (tertiary/aromatic N) is 1. The lowest BCUT2D eigenvalue weighted by Crippen LogP contribution is -2.41. The van der Waals surface area contributed by atoms with Crippen LogP contribution in [0, 0.1) is 0 Å². The van der Waals surface area contributed by atoms with Crippen LogP contribution in [0.25, 0.3) is 0 Å². The Hall–Kier alpha value is -0.780. The number of anilines is 1. The summed E-state index contributed by atoms with van der Waals surface area (Å²) in [5.74, 6) is 0. The number of hydrogen-bond acceptors (Lipinski definition) is 3. The maximum Gasteiger partial charge on any atom is 0.244 e. The van der Waals surface area contributed by atoms with Gasteiger partial charge in [0.15, 0.2) is 0 Å². The maximum absolute atomic E-state index is 12.3. The number of rotatable bonds is 3. The normalized spacial score (nSPS) is 17.1. The fourth-order valence-electron chi connectivity index (χ4n) is 1.82. The van der Waals surface area contributed by atoms with Crippen LogP contribution in [-0.4, -0.2) is 25.8 Å². The molecule has 1 aliphatic rings. The van der Waals surface area contributed by atoms with Gasteiger partial charge in [-0.15, -0.1) is 0 Å². The van der Waals surface area contributed by atoms with E-state index in [0.29, 0.717) is 5.69 Å². The quantitative estimate of drug-likeness (QED) is 0.859. The van der Waals surface area contributed by atoms with E-state index in [2.05, 4.69) is 0 Å². The van der Waals surface area contributed by atoms with Crippen LogP contribution < -0.4 is 5.73 Å². The molecule has 17 heavy (non-hydrogen) atoms. The molecular formula is C11H15ClN2O2S. The highest BCUT2D eigenvalue weighted by Gasteiger charge is 2.32. The topological polar surface area (TPSA) is 63.4 Å². The Balaban J connectivity index is 2.39. The number of sulfonamides is 1. The highest BCUT2D eigenvalue weighted by molar-refractivity contribution is 7.89. The number of benzene rings is 1. The molecule has 0 amide bonds. The second-order valence-electron chi connectivity index (χ2n) is 4.30. The molecule has 0 spiro atoms. The van der Waals surface area contributed by atoms with Crippen molar-refractivity contribution in [3.63, 3.8) is 0 Å². The van der Waals surface area contributed by atoms with Crippen LogP contribution in [0.5, 0.6) is 0 Å². The Labute approximate surface area is 106 Å². The molecule has 94 valence electrons. The standard InChI is InChI=1S/C11H15ClN2O2S/c1-14(9-3-2-4-9)17(15,16)11-7-8(13)5-6-10(11)12/h5-7,9H,2-4,13H2,1H3. The Morgan fingerprint density at radius 2 is 2.06 bits per heavy atom. The van der Waals surface area contributed by atoms with Gasteiger partial charge in [0.2, 0.25) is 10.0 Å². The van der Waals surface area contributed by atoms with E-state index in [1.807, 2.05) is 0 Å². The van der Waals surface area contributed by atoms with Crippen LogP contribution in [0.4, 0.5) is 5.69 Å². The second kappa shape index (κ2) is 4.48. The lowest BCUT2D eigenvalue weighted by molar-refractivity contribution is 0.249. The van der Waals surface area contributed by atoms with Crippen LogP contribution in [0.15, 0.2) is 23.1 Å². The molecule has 1 aromatic rings. The summed E-state index contributed by atoms with van der Waals surface area (Å²) in [6.07, 6.45) is 2.90. The summed E-state index contributed by atoms with van der Waals surface area (Å²) in [4.78, 5) is 0.0913. The van der Waals surface area contributed by atoms with E-state index in [1.54, 1.807) is 13.1 Å². The number of nitrogens with two attached hydrogens (primary N) is 1. The van der Waals surface area contributed by atoms with Gasteiger partial charge in [0.25, 0.3) is 0 Å². The number of nitrogen functional groups attached to an aromatic ring is 1. The van der Waals surface area contributed by atoms with E-state index < -0.39 is 10.0 Å². The highest BCUT2D eigenvalue weighted by atomic mass is 35.5. The van der Waals surface area contributed by atoms with Gasteiger partial charge >= 0.3 is 0 Å². The lowest BCUT2D eigenvalue weighted by Gasteiger charge is -2.33. The minimum atomic E-state index is -3.53. The smallest absolute Gasteiger partial charge is 0.244 e. The Kier molecular flexibility index (Phi) is 3.34. The first-order valence-corrected chi connectivity index (χ1v) is 7.28. The zero-order chi connectivity index (χ0) is 12.6. The van der Waals surface area contributed by atoms with Crippen LogP contribution in [-0.2, 0) is 10.0 Å². The Morgan fingerprint density at radius 1 is 1.41 bits per heavy atom. The lowest BCUT2D eigenvalue weighted by atomic mass is 9.94. The molecule has 1 aliphatic carbocycles. The molecule has 0 bridgehead atoms. The van der Waals surface area contributed by atoms with Crippen molar-refractivity contribution >= 4 is 27.3 Å². The molecule has 2 N–H and O–H groups in total. The first kappa shape index (κ1) is 12.7. The third-order valence-electron chi connectivity index (χ3n) is 3.20. The van der Waals surface area contributed by atoms with Crippen molar-refractivity contribution < 1.29 is 8.42 Å². The van der Waals surface area contributed by atoms with E-state index in [0.717, 1.165) is 19.3 Å². The van der Waals surface area contributed by atoms with Crippen LogP contribution in [0.3, 0.4) is 0 Å². The van der Waals surface area contributed by atoms with Gasteiger partial charge in [-0.3, -0.25) is 0 Å². The summed E-state index contributed by atoms with van der Waals surface area (Å²) in [5, 5.41) is 0.213. The van der Waals surface area contributed by atoms with Gasteiger partial charge < -0.3 is 5.73 Å². The summed E-state index contributed by atoms with van der Waals surface area (Å²) in [7, 11) is -1.93. The van der Waals surface area contributed by atoms with Gasteiger partial charge in [0, 0.05) is 18.8 Å². The van der Waals surface area contributed by atoms with Gasteiger partial charge in [0.1, 0.15) is 4.90 Å². The van der Waals surface area contributed by atoms with Crippen molar-refractivity contribution in [3.05, 3.63) is 23.2 Å². The second-order valence-corrected chi connectivity index (χ2v) is 6.67. The van der Waals surface area contributed by atoms with E-state index >= 15 is 0 Å². The summed E-state index contributed by atoms with van der Waals surface area (Å²) >= 11 is 5.93. The molecule has 1 fully saturated rings. The van der Waals surface area contributed by atoms with E-state index in [4.69, 9.17) is 17.3 Å². The molecule has 0 aliphatic heterocycles. The molecule has 0 unspecified atom stereocenters. The zero-order valence-electron chi connectivity index (χ0n) is 9.56. The Morgan fingerprint density at radius 3 is 2.59 bits per heavy atom. The van der Waals surface area contributed by atoms with Crippen LogP contribution in [0.2, 0.25) is 5.02 Å². The molecule has 4 nitrogen and oxygen atoms in total. The molecule has 0 heterocycles. The molecule has 1 saturated carbocycles. The molecule has 0 radical (unpaired) electrons. The minimum absolute atomic E-state index is 0.0913. The predicted molar refractivity (Wildman–Crippen MR) is 68.5 cm³/mol. The number of halogens is 1. The molecule has 0 atom stereocenters. The molecule has 0 aromatic heterocycles. The van der Waals surface area contributed by atoms with Crippen LogP contribution in [0.1, 0.15) is 19.3 Å². The van der Waals surface area contributed by atoms with Gasteiger partial charge in [-0.05, 0) is 31.0 Å². The molecule has 1 aromatic carbocycles. The average Bonchev–Trinajstić information content (AvgIpc) is 2.19. The third kappa shape index (κ3) is 2.27. The Bertz CT molecular complexity index is 526. The summed E-state index contributed by atoms with van der Waals surface area (Å²) in [6, 6.07) is 4.60. The molecule has 0 saturated heterocycles. The van der Waals surface area contributed by atoms with E-state index in [-0.39, 0.29) is 16.0 Å². The van der Waals surface area contributed by atoms with Crippen molar-refractivity contribution in [3.8, 4) is 0 Å².